The molecule has 0 amide bonds. The Balaban J connectivity index is 0.00000216. The summed E-state index contributed by atoms with van der Waals surface area (Å²) < 4.78 is 6.45. The summed E-state index contributed by atoms with van der Waals surface area (Å²) >= 11 is -5.18. The molecule has 50 heavy (non-hydrogen) atoms. The molecule has 0 fully saturated rings. The SMILES string of the molecule is CC(C)(C)c1ccc2c([c]1[Hf](=[SiH2])([c]1ccccc1)([c]1ccccc1)[c]1c(C(C)(C)C)ccc3c1Cc1ccccc1-3)Cc1ccccc1-2.Cl.Cl. The van der Waals surface area contributed by atoms with E-state index in [1.54, 1.807) is 24.4 Å². The first kappa shape index (κ1) is 36.8. The average Bonchev–Trinajstić information content (AvgIpc) is 3.65. The number of benzene rings is 6. The van der Waals surface area contributed by atoms with Crippen molar-refractivity contribution in [1.82, 2.24) is 0 Å². The van der Waals surface area contributed by atoms with Crippen molar-refractivity contribution >= 4 is 45.0 Å². The zero-order valence-corrected chi connectivity index (χ0v) is 36.8. The summed E-state index contributed by atoms with van der Waals surface area (Å²) in [6.45, 7) is 17.1. The van der Waals surface area contributed by atoms with Gasteiger partial charge in [0, 0.05) is 0 Å². The standard InChI is InChI=1S/2C17H17.2C6H5.2ClH.Hf.H2Si/c2*1-17(2,3)14-8-9-16-13(11-14)10-12-6-4-5-7-15(12)16;2*1-2-4-6-5-3-1;;;;/h2*4-9H,10H2,1-3H3;2*1-5H;2*1H;;1H2. The maximum atomic E-state index is 2.53. The van der Waals surface area contributed by atoms with Crippen LogP contribution < -0.4 is 13.3 Å². The Bertz CT molecular complexity index is 2140. The van der Waals surface area contributed by atoms with Crippen LogP contribution in [0.15, 0.2) is 133 Å². The molecule has 0 saturated carbocycles. The molecule has 0 unspecified atom stereocenters. The van der Waals surface area contributed by atoms with E-state index >= 15 is 0 Å². The van der Waals surface area contributed by atoms with Gasteiger partial charge in [-0.3, -0.25) is 0 Å². The molecule has 0 spiro atoms. The second-order valence-electron chi connectivity index (χ2n) is 16.4. The molecule has 6 aromatic carbocycles. The molecule has 0 bridgehead atoms. The predicted octanol–water partition coefficient (Wildman–Crippen LogP) is 9.11. The third-order valence-electron chi connectivity index (χ3n) is 11.5. The first-order chi connectivity index (χ1) is 22.9. The van der Waals surface area contributed by atoms with E-state index in [0.717, 1.165) is 12.8 Å². The van der Waals surface area contributed by atoms with Gasteiger partial charge in [-0.25, -0.2) is 0 Å². The third kappa shape index (κ3) is 5.23. The van der Waals surface area contributed by atoms with Crippen molar-refractivity contribution in [3.05, 3.63) is 167 Å². The molecule has 0 aliphatic heterocycles. The fourth-order valence-corrected chi connectivity index (χ4v) is 46.8. The smallest absolute Gasteiger partial charge is 0.147 e. The van der Waals surface area contributed by atoms with Crippen LogP contribution in [0.5, 0.6) is 0 Å². The van der Waals surface area contributed by atoms with Crippen molar-refractivity contribution in [2.24, 2.45) is 0 Å². The molecule has 254 valence electrons. The van der Waals surface area contributed by atoms with Gasteiger partial charge in [0.05, 0.1) is 0 Å². The molecule has 0 saturated heterocycles. The van der Waals surface area contributed by atoms with E-state index in [2.05, 4.69) is 182 Å². The fraction of sp³-hybridized carbons (Fsp3) is 0.217. The molecule has 8 rings (SSSR count). The fourth-order valence-electron chi connectivity index (χ4n) is 9.41. The van der Waals surface area contributed by atoms with Crippen LogP contribution in [-0.4, -0.2) is 6.94 Å². The Morgan fingerprint density at radius 1 is 0.420 bits per heavy atom. The van der Waals surface area contributed by atoms with Crippen molar-refractivity contribution < 1.29 is 17.1 Å². The van der Waals surface area contributed by atoms with E-state index in [9.17, 15) is 0 Å². The van der Waals surface area contributed by atoms with Crippen molar-refractivity contribution in [3.8, 4) is 22.3 Å². The van der Waals surface area contributed by atoms with E-state index in [1.807, 2.05) is 0 Å². The van der Waals surface area contributed by atoms with E-state index in [-0.39, 0.29) is 35.6 Å². The van der Waals surface area contributed by atoms with Crippen LogP contribution in [0.3, 0.4) is 0 Å². The van der Waals surface area contributed by atoms with Gasteiger partial charge in [-0.05, 0) is 0 Å². The van der Waals surface area contributed by atoms with Gasteiger partial charge in [0.2, 0.25) is 0 Å². The van der Waals surface area contributed by atoms with Gasteiger partial charge in [-0.1, -0.05) is 0 Å². The quantitative estimate of drug-likeness (QED) is 0.155. The second-order valence-corrected chi connectivity index (χ2v) is 46.2. The predicted molar refractivity (Wildman–Crippen MR) is 221 cm³/mol. The maximum Gasteiger partial charge on any atom is -0.147 e. The molecule has 0 aromatic heterocycles. The topological polar surface area (TPSA) is 0 Å². The van der Waals surface area contributed by atoms with Crippen molar-refractivity contribution in [2.45, 2.75) is 65.2 Å². The van der Waals surface area contributed by atoms with Gasteiger partial charge >= 0.3 is 292 Å². The molecule has 0 radical (unpaired) electrons. The summed E-state index contributed by atoms with van der Waals surface area (Å²) in [5, 5.41) is 0. The van der Waals surface area contributed by atoms with Gasteiger partial charge in [-0.15, -0.1) is 24.8 Å². The maximum absolute atomic E-state index is 5.18. The minimum atomic E-state index is -5.18. The first-order valence-corrected chi connectivity index (χ1v) is 33.1. The van der Waals surface area contributed by atoms with Crippen LogP contribution in [0.4, 0.5) is 0 Å². The van der Waals surface area contributed by atoms with Crippen molar-refractivity contribution in [3.63, 3.8) is 0 Å². The Morgan fingerprint density at radius 2 is 0.760 bits per heavy atom. The summed E-state index contributed by atoms with van der Waals surface area (Å²) in [4.78, 5) is 0. The Kier molecular flexibility index (Phi) is 9.48. The van der Waals surface area contributed by atoms with E-state index in [4.69, 9.17) is 0 Å². The minimum Gasteiger partial charge on any atom is -0.147 e. The number of hydrogen-bond donors (Lipinski definition) is 0. The average molecular weight is 878 g/mol. The van der Waals surface area contributed by atoms with E-state index in [0.29, 0.717) is 0 Å². The Hall–Kier alpha value is -3.01. The zero-order valence-electron chi connectivity index (χ0n) is 30.1. The molecule has 2 aliphatic rings. The van der Waals surface area contributed by atoms with Crippen LogP contribution in [0.1, 0.15) is 74.9 Å². The van der Waals surface area contributed by atoms with Gasteiger partial charge in [0.15, 0.2) is 0 Å². The van der Waals surface area contributed by atoms with Crippen LogP contribution in [0.25, 0.3) is 22.3 Å². The van der Waals surface area contributed by atoms with Crippen LogP contribution >= 0.6 is 24.8 Å². The molecule has 0 atom stereocenters. The molecule has 4 heteroatoms. The summed E-state index contributed by atoms with van der Waals surface area (Å²) in [7, 11) is 0. The normalized spacial score (nSPS) is 13.3. The number of fused-ring (bicyclic) bond motifs is 6. The summed E-state index contributed by atoms with van der Waals surface area (Å²) in [6, 6.07) is 52.0. The van der Waals surface area contributed by atoms with Crippen molar-refractivity contribution in [2.75, 3.05) is 0 Å². The molecule has 0 nitrogen and oxygen atoms in total. The van der Waals surface area contributed by atoms with Gasteiger partial charge < -0.3 is 0 Å². The summed E-state index contributed by atoms with van der Waals surface area (Å²) in [5.74, 6) is 0. The molecular weight excluding hydrogens is 830 g/mol. The van der Waals surface area contributed by atoms with Crippen LogP contribution in [-0.2, 0) is 40.8 Å². The number of hydrogen-bond acceptors (Lipinski definition) is 0. The first-order valence-electron chi connectivity index (χ1n) is 17.6. The Morgan fingerprint density at radius 3 is 1.12 bits per heavy atom. The summed E-state index contributed by atoms with van der Waals surface area (Å²) in [6.07, 6.45) is 1.96. The van der Waals surface area contributed by atoms with Gasteiger partial charge in [0.25, 0.3) is 0 Å². The molecule has 6 aromatic rings. The largest absolute Gasteiger partial charge is 0.147 e. The monoisotopic (exact) mass is 878 g/mol. The summed E-state index contributed by atoms with van der Waals surface area (Å²) in [5.41, 5.74) is 14.6. The second kappa shape index (κ2) is 12.9. The minimum absolute atomic E-state index is 0. The van der Waals surface area contributed by atoms with Crippen LogP contribution in [0, 0.1) is 0 Å². The molecule has 2 aliphatic carbocycles. The molecule has 0 N–H and O–H groups in total. The van der Waals surface area contributed by atoms with Gasteiger partial charge in [0.1, 0.15) is 0 Å². The molecular formula is C46H48Cl2HfSi. The van der Waals surface area contributed by atoms with E-state index < -0.39 is 17.1 Å². The number of rotatable bonds is 4. The van der Waals surface area contributed by atoms with Crippen molar-refractivity contribution in [1.29, 1.82) is 0 Å². The van der Waals surface area contributed by atoms with E-state index in [1.165, 1.54) is 44.5 Å². The van der Waals surface area contributed by atoms with Gasteiger partial charge in [-0.2, -0.15) is 0 Å². The third-order valence-corrected chi connectivity index (χ3v) is 47.6. The zero-order chi connectivity index (χ0) is 33.5. The number of halogens is 2. The van der Waals surface area contributed by atoms with Crippen LogP contribution in [0.2, 0.25) is 0 Å². The Labute approximate surface area is 314 Å². The molecule has 0 heterocycles.